The Morgan fingerprint density at radius 3 is 2.92 bits per heavy atom. The molecule has 1 aromatic rings. The number of pyridine rings is 1. The molecule has 0 aliphatic rings. The van der Waals surface area contributed by atoms with Crippen molar-refractivity contribution in [2.24, 2.45) is 5.16 Å². The molecule has 0 unspecified atom stereocenters. The molecule has 4 heteroatoms. The van der Waals surface area contributed by atoms with Crippen molar-refractivity contribution in [2.75, 3.05) is 19.0 Å². The predicted octanol–water partition coefficient (Wildman–Crippen LogP) is 0.956. The predicted molar refractivity (Wildman–Crippen MR) is 47.9 cm³/mol. The summed E-state index contributed by atoms with van der Waals surface area (Å²) in [5.74, 6) is 0. The first-order valence-electron chi connectivity index (χ1n) is 3.55. The van der Waals surface area contributed by atoms with Gasteiger partial charge in [-0.1, -0.05) is 5.16 Å². The molecule has 0 saturated heterocycles. The van der Waals surface area contributed by atoms with Crippen molar-refractivity contribution in [1.29, 1.82) is 0 Å². The molecule has 1 rings (SSSR count). The fourth-order valence-electron chi connectivity index (χ4n) is 0.845. The van der Waals surface area contributed by atoms with Gasteiger partial charge in [-0.2, -0.15) is 0 Å². The molecular formula is C8H11N3O. The summed E-state index contributed by atoms with van der Waals surface area (Å²) in [5, 5.41) is 11.2. The van der Waals surface area contributed by atoms with Crippen molar-refractivity contribution in [1.82, 2.24) is 4.98 Å². The molecule has 1 aromatic heterocycles. The number of oxime groups is 1. The first-order valence-corrected chi connectivity index (χ1v) is 3.55. The Balaban J connectivity index is 2.95. The van der Waals surface area contributed by atoms with Crippen LogP contribution in [0.4, 0.5) is 5.69 Å². The average Bonchev–Trinajstić information content (AvgIpc) is 2.05. The van der Waals surface area contributed by atoms with E-state index >= 15 is 0 Å². The fourth-order valence-corrected chi connectivity index (χ4v) is 0.845. The van der Waals surface area contributed by atoms with Gasteiger partial charge in [0.25, 0.3) is 0 Å². The molecule has 0 radical (unpaired) electrons. The SMILES string of the molecule is CN(C)c1ccnc(/C=N/O)c1. The van der Waals surface area contributed by atoms with Crippen molar-refractivity contribution in [3.63, 3.8) is 0 Å². The zero-order valence-corrected chi connectivity index (χ0v) is 7.10. The molecule has 0 aliphatic heterocycles. The summed E-state index contributed by atoms with van der Waals surface area (Å²) in [5.41, 5.74) is 1.67. The Morgan fingerprint density at radius 1 is 1.58 bits per heavy atom. The second-order valence-electron chi connectivity index (χ2n) is 2.58. The molecule has 0 aliphatic carbocycles. The van der Waals surface area contributed by atoms with Crippen LogP contribution in [-0.4, -0.2) is 30.5 Å². The van der Waals surface area contributed by atoms with Gasteiger partial charge in [0.15, 0.2) is 0 Å². The molecule has 0 saturated carbocycles. The van der Waals surface area contributed by atoms with Gasteiger partial charge in [0.05, 0.1) is 11.9 Å². The Kier molecular flexibility index (Phi) is 2.63. The summed E-state index contributed by atoms with van der Waals surface area (Å²) in [7, 11) is 3.88. The molecule has 4 nitrogen and oxygen atoms in total. The van der Waals surface area contributed by atoms with Gasteiger partial charge < -0.3 is 10.1 Å². The molecule has 1 heterocycles. The highest BCUT2D eigenvalue weighted by Gasteiger charge is 1.95. The van der Waals surface area contributed by atoms with E-state index in [9.17, 15) is 0 Å². The van der Waals surface area contributed by atoms with Gasteiger partial charge in [0.2, 0.25) is 0 Å². The number of hydrogen-bond acceptors (Lipinski definition) is 4. The molecule has 64 valence electrons. The number of hydrogen-bond donors (Lipinski definition) is 1. The summed E-state index contributed by atoms with van der Waals surface area (Å²) in [6.45, 7) is 0. The lowest BCUT2D eigenvalue weighted by atomic mass is 10.3. The smallest absolute Gasteiger partial charge is 0.0918 e. The van der Waals surface area contributed by atoms with Gasteiger partial charge in [-0.3, -0.25) is 4.98 Å². The molecule has 12 heavy (non-hydrogen) atoms. The third-order valence-corrected chi connectivity index (χ3v) is 1.47. The highest BCUT2D eigenvalue weighted by Crippen LogP contribution is 2.09. The zero-order chi connectivity index (χ0) is 8.97. The lowest BCUT2D eigenvalue weighted by Gasteiger charge is -2.11. The highest BCUT2D eigenvalue weighted by atomic mass is 16.4. The molecule has 0 aromatic carbocycles. The Morgan fingerprint density at radius 2 is 2.33 bits per heavy atom. The van der Waals surface area contributed by atoms with Crippen LogP contribution in [0.25, 0.3) is 0 Å². The van der Waals surface area contributed by atoms with Crippen LogP contribution in [0, 0.1) is 0 Å². The molecule has 0 bridgehead atoms. The standard InChI is InChI=1S/C8H11N3O/c1-11(2)8-3-4-9-7(5-8)6-10-12/h3-6,12H,1-2H3/b10-6+. The molecule has 1 N–H and O–H groups in total. The van der Waals surface area contributed by atoms with E-state index in [0.29, 0.717) is 5.69 Å². The van der Waals surface area contributed by atoms with Gasteiger partial charge in [-0.05, 0) is 12.1 Å². The zero-order valence-electron chi connectivity index (χ0n) is 7.10. The molecule has 0 atom stereocenters. The van der Waals surface area contributed by atoms with Crippen molar-refractivity contribution >= 4 is 11.9 Å². The largest absolute Gasteiger partial charge is 0.411 e. The van der Waals surface area contributed by atoms with E-state index in [0.717, 1.165) is 5.69 Å². The molecule has 0 fully saturated rings. The topological polar surface area (TPSA) is 48.7 Å². The fraction of sp³-hybridized carbons (Fsp3) is 0.250. The van der Waals surface area contributed by atoms with Gasteiger partial charge in [-0.15, -0.1) is 0 Å². The quantitative estimate of drug-likeness (QED) is 0.403. The average molecular weight is 165 g/mol. The second-order valence-corrected chi connectivity index (χ2v) is 2.58. The van der Waals surface area contributed by atoms with Gasteiger partial charge in [0.1, 0.15) is 0 Å². The summed E-state index contributed by atoms with van der Waals surface area (Å²) in [4.78, 5) is 5.93. The third-order valence-electron chi connectivity index (χ3n) is 1.47. The minimum atomic E-state index is 0.642. The van der Waals surface area contributed by atoms with Gasteiger partial charge in [-0.25, -0.2) is 0 Å². The first kappa shape index (κ1) is 8.52. The number of nitrogens with zero attached hydrogens (tertiary/aromatic N) is 3. The summed E-state index contributed by atoms with van der Waals surface area (Å²) in [6, 6.07) is 3.72. The molecule has 0 amide bonds. The van der Waals surface area contributed by atoms with Crippen LogP contribution in [-0.2, 0) is 0 Å². The first-order chi connectivity index (χ1) is 5.74. The summed E-state index contributed by atoms with van der Waals surface area (Å²) < 4.78 is 0. The van der Waals surface area contributed by atoms with E-state index in [4.69, 9.17) is 5.21 Å². The van der Waals surface area contributed by atoms with Gasteiger partial charge in [0, 0.05) is 26.0 Å². The van der Waals surface area contributed by atoms with E-state index in [1.54, 1.807) is 6.20 Å². The maximum Gasteiger partial charge on any atom is 0.0918 e. The van der Waals surface area contributed by atoms with E-state index in [1.165, 1.54) is 6.21 Å². The van der Waals surface area contributed by atoms with Gasteiger partial charge >= 0.3 is 0 Å². The maximum absolute atomic E-state index is 8.27. The Hall–Kier alpha value is -1.58. The van der Waals surface area contributed by atoms with E-state index in [2.05, 4.69) is 10.1 Å². The van der Waals surface area contributed by atoms with Crippen LogP contribution in [0.3, 0.4) is 0 Å². The van der Waals surface area contributed by atoms with E-state index in [-0.39, 0.29) is 0 Å². The van der Waals surface area contributed by atoms with Crippen molar-refractivity contribution < 1.29 is 5.21 Å². The Bertz CT molecular complexity index is 283. The summed E-state index contributed by atoms with van der Waals surface area (Å²) in [6.07, 6.45) is 2.97. The molecule has 0 spiro atoms. The minimum Gasteiger partial charge on any atom is -0.411 e. The lowest BCUT2D eigenvalue weighted by molar-refractivity contribution is 0.321. The number of rotatable bonds is 2. The van der Waals surface area contributed by atoms with E-state index in [1.807, 2.05) is 31.1 Å². The van der Waals surface area contributed by atoms with Crippen LogP contribution >= 0.6 is 0 Å². The molecular weight excluding hydrogens is 154 g/mol. The highest BCUT2D eigenvalue weighted by molar-refractivity contribution is 5.78. The van der Waals surface area contributed by atoms with Crippen LogP contribution < -0.4 is 4.90 Å². The van der Waals surface area contributed by atoms with Crippen molar-refractivity contribution in [3.05, 3.63) is 24.0 Å². The van der Waals surface area contributed by atoms with E-state index < -0.39 is 0 Å². The van der Waals surface area contributed by atoms with Crippen LogP contribution in [0.15, 0.2) is 23.5 Å². The number of anilines is 1. The van der Waals surface area contributed by atoms with Crippen LogP contribution in [0.2, 0.25) is 0 Å². The van der Waals surface area contributed by atoms with Crippen LogP contribution in [0.1, 0.15) is 5.69 Å². The van der Waals surface area contributed by atoms with Crippen molar-refractivity contribution in [2.45, 2.75) is 0 Å². The Labute approximate surface area is 71.1 Å². The van der Waals surface area contributed by atoms with Crippen LogP contribution in [0.5, 0.6) is 0 Å². The number of aromatic nitrogens is 1. The normalized spacial score (nSPS) is 10.5. The van der Waals surface area contributed by atoms with Crippen molar-refractivity contribution in [3.8, 4) is 0 Å². The third kappa shape index (κ3) is 1.95. The summed E-state index contributed by atoms with van der Waals surface area (Å²) >= 11 is 0. The monoisotopic (exact) mass is 165 g/mol. The minimum absolute atomic E-state index is 0.642. The maximum atomic E-state index is 8.27. The second kappa shape index (κ2) is 3.71. The lowest BCUT2D eigenvalue weighted by Crippen LogP contribution is -2.09.